The number of hydrogen-bond donors (Lipinski definition) is 1. The third kappa shape index (κ3) is 3.61. The van der Waals surface area contributed by atoms with E-state index >= 15 is 0 Å². The quantitative estimate of drug-likeness (QED) is 0.717. The van der Waals surface area contributed by atoms with Gasteiger partial charge < -0.3 is 10.0 Å². The van der Waals surface area contributed by atoms with Crippen molar-refractivity contribution in [3.05, 3.63) is 90.0 Å². The summed E-state index contributed by atoms with van der Waals surface area (Å²) in [6.45, 7) is 2.29. The van der Waals surface area contributed by atoms with Crippen LogP contribution in [0, 0.1) is 6.92 Å². The second-order valence-electron chi connectivity index (χ2n) is 5.65. The molecule has 1 N–H and O–H groups in total. The molecule has 0 aromatic heterocycles. The molecular formula is C21H21NO. The van der Waals surface area contributed by atoms with E-state index in [-0.39, 0.29) is 6.61 Å². The lowest BCUT2D eigenvalue weighted by molar-refractivity contribution is 0.299. The maximum absolute atomic E-state index is 9.07. The van der Waals surface area contributed by atoms with Gasteiger partial charge in [0.2, 0.25) is 0 Å². The van der Waals surface area contributed by atoms with Crippen LogP contribution in [0.15, 0.2) is 78.9 Å². The average molecular weight is 303 g/mol. The molecule has 0 aliphatic heterocycles. The molecule has 2 heteroatoms. The fourth-order valence-electron chi connectivity index (χ4n) is 2.73. The number of rotatable bonds is 5. The van der Waals surface area contributed by atoms with Gasteiger partial charge in [0, 0.05) is 23.7 Å². The minimum atomic E-state index is 0.180. The summed E-state index contributed by atoms with van der Waals surface area (Å²) in [4.78, 5) is 2.25. The normalized spacial score (nSPS) is 10.5. The predicted molar refractivity (Wildman–Crippen MR) is 96.7 cm³/mol. The van der Waals surface area contributed by atoms with Gasteiger partial charge in [-0.2, -0.15) is 0 Å². The van der Waals surface area contributed by atoms with E-state index < -0.39 is 0 Å². The number of aliphatic hydroxyl groups excluding tert-OH is 1. The summed E-state index contributed by atoms with van der Waals surface area (Å²) in [6.07, 6.45) is 0.691. The highest BCUT2D eigenvalue weighted by Crippen LogP contribution is 2.34. The van der Waals surface area contributed by atoms with Crippen LogP contribution in [-0.2, 0) is 6.42 Å². The van der Waals surface area contributed by atoms with Crippen LogP contribution in [-0.4, -0.2) is 11.7 Å². The Morgan fingerprint density at radius 3 is 2.04 bits per heavy atom. The number of para-hydroxylation sites is 1. The zero-order valence-electron chi connectivity index (χ0n) is 13.3. The second kappa shape index (κ2) is 7.12. The molecule has 0 spiro atoms. The molecule has 0 heterocycles. The highest BCUT2D eigenvalue weighted by molar-refractivity contribution is 5.76. The van der Waals surface area contributed by atoms with Crippen LogP contribution >= 0.6 is 0 Å². The largest absolute Gasteiger partial charge is 0.396 e. The van der Waals surface area contributed by atoms with E-state index in [1.807, 2.05) is 6.07 Å². The van der Waals surface area contributed by atoms with Gasteiger partial charge in [0.05, 0.1) is 0 Å². The molecule has 0 saturated carbocycles. The van der Waals surface area contributed by atoms with E-state index in [0.717, 1.165) is 22.6 Å². The van der Waals surface area contributed by atoms with Crippen LogP contribution in [0.4, 0.5) is 17.1 Å². The Labute approximate surface area is 137 Å². The average Bonchev–Trinajstić information content (AvgIpc) is 2.58. The summed E-state index contributed by atoms with van der Waals surface area (Å²) >= 11 is 0. The van der Waals surface area contributed by atoms with Crippen LogP contribution in [0.3, 0.4) is 0 Å². The molecule has 0 unspecified atom stereocenters. The molecule has 0 aliphatic rings. The van der Waals surface area contributed by atoms with Gasteiger partial charge in [-0.1, -0.05) is 42.5 Å². The van der Waals surface area contributed by atoms with Crippen molar-refractivity contribution in [2.24, 2.45) is 0 Å². The molecular weight excluding hydrogens is 282 g/mol. The molecule has 0 atom stereocenters. The van der Waals surface area contributed by atoms with Crippen LogP contribution in [0.25, 0.3) is 0 Å². The molecule has 0 amide bonds. The number of benzene rings is 3. The molecule has 0 bridgehead atoms. The van der Waals surface area contributed by atoms with E-state index in [9.17, 15) is 0 Å². The van der Waals surface area contributed by atoms with Crippen molar-refractivity contribution in [2.75, 3.05) is 11.5 Å². The second-order valence-corrected chi connectivity index (χ2v) is 5.65. The topological polar surface area (TPSA) is 23.5 Å². The van der Waals surface area contributed by atoms with E-state index in [0.29, 0.717) is 6.42 Å². The standard InChI is InChI=1S/C21H21NO/c1-17-6-5-9-21(16-17)22(19-7-3-2-4-8-19)20-12-10-18(11-13-20)14-15-23/h2-13,16,23H,14-15H2,1H3. The van der Waals surface area contributed by atoms with Gasteiger partial charge in [-0.25, -0.2) is 0 Å². The molecule has 2 nitrogen and oxygen atoms in total. The van der Waals surface area contributed by atoms with Crippen LogP contribution in [0.5, 0.6) is 0 Å². The van der Waals surface area contributed by atoms with Crippen LogP contribution < -0.4 is 4.90 Å². The molecule has 0 aliphatic carbocycles. The van der Waals surface area contributed by atoms with Gasteiger partial charge >= 0.3 is 0 Å². The minimum absolute atomic E-state index is 0.180. The highest BCUT2D eigenvalue weighted by Gasteiger charge is 2.11. The van der Waals surface area contributed by atoms with Gasteiger partial charge in [-0.15, -0.1) is 0 Å². The van der Waals surface area contributed by atoms with Gasteiger partial charge in [-0.05, 0) is 60.9 Å². The summed E-state index contributed by atoms with van der Waals surface area (Å²) in [6, 6.07) is 27.3. The van der Waals surface area contributed by atoms with Gasteiger partial charge in [0.15, 0.2) is 0 Å². The first-order valence-electron chi connectivity index (χ1n) is 7.89. The Morgan fingerprint density at radius 2 is 1.39 bits per heavy atom. The maximum atomic E-state index is 9.07. The summed E-state index contributed by atoms with van der Waals surface area (Å²) in [5, 5.41) is 9.07. The number of hydrogen-bond acceptors (Lipinski definition) is 2. The van der Waals surface area contributed by atoms with E-state index in [2.05, 4.69) is 84.6 Å². The summed E-state index contributed by atoms with van der Waals surface area (Å²) in [5.74, 6) is 0. The lowest BCUT2D eigenvalue weighted by atomic mass is 10.1. The molecule has 3 rings (SSSR count). The van der Waals surface area contributed by atoms with Crippen molar-refractivity contribution in [3.8, 4) is 0 Å². The van der Waals surface area contributed by atoms with E-state index in [1.165, 1.54) is 5.56 Å². The van der Waals surface area contributed by atoms with Crippen molar-refractivity contribution in [3.63, 3.8) is 0 Å². The first kappa shape index (κ1) is 15.3. The fraction of sp³-hybridized carbons (Fsp3) is 0.143. The summed E-state index contributed by atoms with van der Waals surface area (Å²) in [5.41, 5.74) is 5.77. The maximum Gasteiger partial charge on any atom is 0.0471 e. The van der Waals surface area contributed by atoms with Crippen molar-refractivity contribution >= 4 is 17.1 Å². The highest BCUT2D eigenvalue weighted by atomic mass is 16.2. The summed E-state index contributed by atoms with van der Waals surface area (Å²) in [7, 11) is 0. The monoisotopic (exact) mass is 303 g/mol. The number of aryl methyl sites for hydroxylation is 1. The third-order valence-electron chi connectivity index (χ3n) is 3.87. The minimum Gasteiger partial charge on any atom is -0.396 e. The van der Waals surface area contributed by atoms with Crippen molar-refractivity contribution in [2.45, 2.75) is 13.3 Å². The SMILES string of the molecule is Cc1cccc(N(c2ccccc2)c2ccc(CCO)cc2)c1. The lowest BCUT2D eigenvalue weighted by Crippen LogP contribution is -2.10. The number of anilines is 3. The van der Waals surface area contributed by atoms with E-state index in [4.69, 9.17) is 5.11 Å². The predicted octanol–water partition coefficient (Wildman–Crippen LogP) is 5.00. The fourth-order valence-corrected chi connectivity index (χ4v) is 2.73. The van der Waals surface area contributed by atoms with E-state index in [1.54, 1.807) is 0 Å². The van der Waals surface area contributed by atoms with Gasteiger partial charge in [0.1, 0.15) is 0 Å². The van der Waals surface area contributed by atoms with Gasteiger partial charge in [0.25, 0.3) is 0 Å². The Balaban J connectivity index is 2.05. The Kier molecular flexibility index (Phi) is 4.74. The van der Waals surface area contributed by atoms with Crippen LogP contribution in [0.2, 0.25) is 0 Å². The molecule has 0 fully saturated rings. The zero-order chi connectivity index (χ0) is 16.1. The number of nitrogens with zero attached hydrogens (tertiary/aromatic N) is 1. The zero-order valence-corrected chi connectivity index (χ0v) is 13.3. The molecule has 3 aromatic carbocycles. The Hall–Kier alpha value is -2.58. The third-order valence-corrected chi connectivity index (χ3v) is 3.87. The summed E-state index contributed by atoms with van der Waals surface area (Å²) < 4.78 is 0. The Morgan fingerprint density at radius 1 is 0.739 bits per heavy atom. The first-order valence-corrected chi connectivity index (χ1v) is 7.89. The lowest BCUT2D eigenvalue weighted by Gasteiger charge is -2.26. The smallest absolute Gasteiger partial charge is 0.0471 e. The van der Waals surface area contributed by atoms with Crippen LogP contribution in [0.1, 0.15) is 11.1 Å². The van der Waals surface area contributed by atoms with Gasteiger partial charge in [-0.3, -0.25) is 0 Å². The number of aliphatic hydroxyl groups is 1. The molecule has 0 saturated heterocycles. The Bertz CT molecular complexity index is 750. The molecule has 116 valence electrons. The molecule has 3 aromatic rings. The van der Waals surface area contributed by atoms with Crippen molar-refractivity contribution in [1.82, 2.24) is 0 Å². The van der Waals surface area contributed by atoms with Crippen molar-refractivity contribution in [1.29, 1.82) is 0 Å². The van der Waals surface area contributed by atoms with Crippen molar-refractivity contribution < 1.29 is 5.11 Å². The first-order chi connectivity index (χ1) is 11.3. The molecule has 23 heavy (non-hydrogen) atoms. The molecule has 0 radical (unpaired) electrons.